The maximum absolute atomic E-state index is 14.3. The highest BCUT2D eigenvalue weighted by Gasteiger charge is 2.43. The quantitative estimate of drug-likeness (QED) is 0.264. The number of halogens is 5. The molecule has 0 bridgehead atoms. The summed E-state index contributed by atoms with van der Waals surface area (Å²) in [4.78, 5) is 26.4. The van der Waals surface area contributed by atoms with E-state index in [2.05, 4.69) is 10.1 Å². The van der Waals surface area contributed by atoms with Crippen LogP contribution in [-0.2, 0) is 16.0 Å². The van der Waals surface area contributed by atoms with Crippen molar-refractivity contribution in [3.8, 4) is 17.2 Å². The smallest absolute Gasteiger partial charge is 0.497 e. The van der Waals surface area contributed by atoms with Crippen LogP contribution in [0.4, 0.5) is 28.9 Å². The number of rotatable bonds is 10. The molecule has 1 fully saturated rings. The van der Waals surface area contributed by atoms with Crippen LogP contribution in [0.5, 0.6) is 17.2 Å². The van der Waals surface area contributed by atoms with Crippen LogP contribution in [0.1, 0.15) is 23.6 Å². The predicted octanol–water partition coefficient (Wildman–Crippen LogP) is 6.23. The molecule has 0 saturated heterocycles. The maximum Gasteiger partial charge on any atom is 0.573 e. The Hall–Kier alpha value is -4.19. The van der Waals surface area contributed by atoms with Gasteiger partial charge in [-0.2, -0.15) is 0 Å². The van der Waals surface area contributed by atoms with Gasteiger partial charge in [0.1, 0.15) is 17.5 Å². The molecule has 1 heterocycles. The summed E-state index contributed by atoms with van der Waals surface area (Å²) in [6, 6.07) is 12.1. The lowest BCUT2D eigenvalue weighted by atomic mass is 10.0. The van der Waals surface area contributed by atoms with E-state index >= 15 is 0 Å². The molecule has 0 aromatic heterocycles. The molecule has 42 heavy (non-hydrogen) atoms. The minimum absolute atomic E-state index is 0.105. The van der Waals surface area contributed by atoms with Gasteiger partial charge in [-0.05, 0) is 42.2 Å². The van der Waals surface area contributed by atoms with Gasteiger partial charge >= 0.3 is 12.3 Å². The van der Waals surface area contributed by atoms with Gasteiger partial charge in [0, 0.05) is 47.4 Å². The van der Waals surface area contributed by atoms with Crippen molar-refractivity contribution >= 4 is 34.9 Å². The molecule has 5 rings (SSSR count). The number of fused-ring (bicyclic) bond motifs is 1. The van der Waals surface area contributed by atoms with E-state index in [0.717, 1.165) is 12.1 Å². The molecule has 1 amide bonds. The van der Waals surface area contributed by atoms with Gasteiger partial charge < -0.3 is 29.5 Å². The zero-order valence-corrected chi connectivity index (χ0v) is 22.8. The summed E-state index contributed by atoms with van der Waals surface area (Å²) in [7, 11) is 1.45. The van der Waals surface area contributed by atoms with Crippen molar-refractivity contribution < 1.29 is 46.5 Å². The third-order valence-electron chi connectivity index (χ3n) is 7.10. The van der Waals surface area contributed by atoms with Crippen molar-refractivity contribution in [2.45, 2.75) is 25.2 Å². The Kier molecular flexibility index (Phi) is 8.09. The Morgan fingerprint density at radius 2 is 1.83 bits per heavy atom. The monoisotopic (exact) mass is 608 g/mol. The zero-order chi connectivity index (χ0) is 30.2. The second-order valence-corrected chi connectivity index (χ2v) is 10.4. The summed E-state index contributed by atoms with van der Waals surface area (Å²) < 4.78 is 68.0. The van der Waals surface area contributed by atoms with Crippen LogP contribution in [0.2, 0.25) is 5.02 Å². The van der Waals surface area contributed by atoms with Gasteiger partial charge in [-0.1, -0.05) is 23.7 Å². The first-order valence-corrected chi connectivity index (χ1v) is 13.3. The molecule has 8 nitrogen and oxygen atoms in total. The summed E-state index contributed by atoms with van der Waals surface area (Å²) in [5.74, 6) is -3.38. The summed E-state index contributed by atoms with van der Waals surface area (Å²) in [6.45, 7) is 0.292. The van der Waals surface area contributed by atoms with Crippen LogP contribution >= 0.6 is 11.6 Å². The van der Waals surface area contributed by atoms with E-state index in [9.17, 15) is 27.2 Å². The van der Waals surface area contributed by atoms with Crippen LogP contribution in [0, 0.1) is 17.7 Å². The molecule has 3 atom stereocenters. The average Bonchev–Trinajstić information content (AvgIpc) is 3.62. The normalized spacial score (nSPS) is 18.2. The van der Waals surface area contributed by atoms with Crippen LogP contribution in [0.15, 0.2) is 54.6 Å². The number of benzene rings is 3. The Balaban J connectivity index is 1.44. The molecular weight excluding hydrogens is 584 g/mol. The number of anilines is 2. The summed E-state index contributed by atoms with van der Waals surface area (Å²) in [5.41, 5.74) is 1.39. The van der Waals surface area contributed by atoms with Crippen LogP contribution in [-0.4, -0.2) is 43.6 Å². The highest BCUT2D eigenvalue weighted by molar-refractivity contribution is 6.30. The first kappa shape index (κ1) is 29.3. The Morgan fingerprint density at radius 1 is 1.12 bits per heavy atom. The van der Waals surface area contributed by atoms with Crippen LogP contribution in [0.3, 0.4) is 0 Å². The second-order valence-electron chi connectivity index (χ2n) is 9.98. The van der Waals surface area contributed by atoms with Gasteiger partial charge in [0.2, 0.25) is 0 Å². The van der Waals surface area contributed by atoms with Crippen LogP contribution < -0.4 is 24.4 Å². The molecule has 0 radical (unpaired) electrons. The maximum atomic E-state index is 14.3. The number of amides is 1. The van der Waals surface area contributed by atoms with Crippen molar-refractivity contribution in [2.75, 3.05) is 30.5 Å². The fourth-order valence-electron chi connectivity index (χ4n) is 4.88. The summed E-state index contributed by atoms with van der Waals surface area (Å²) in [6.07, 6.45) is -4.36. The average molecular weight is 609 g/mol. The third kappa shape index (κ3) is 6.64. The first-order valence-electron chi connectivity index (χ1n) is 12.9. The third-order valence-corrected chi connectivity index (χ3v) is 7.35. The van der Waals surface area contributed by atoms with Gasteiger partial charge in [0.05, 0.1) is 25.3 Å². The van der Waals surface area contributed by atoms with Gasteiger partial charge in [-0.3, -0.25) is 9.59 Å². The molecular formula is C29H25ClF4N2O6. The molecule has 2 N–H and O–H groups in total. The topological polar surface area (TPSA) is 97.3 Å². The number of hydrogen-bond acceptors (Lipinski definition) is 6. The largest absolute Gasteiger partial charge is 0.573 e. The lowest BCUT2D eigenvalue weighted by molar-refractivity contribution is -0.275. The summed E-state index contributed by atoms with van der Waals surface area (Å²) >= 11 is 6.06. The van der Waals surface area contributed by atoms with Crippen molar-refractivity contribution in [3.63, 3.8) is 0 Å². The van der Waals surface area contributed by atoms with E-state index < -0.39 is 41.8 Å². The highest BCUT2D eigenvalue weighted by atomic mass is 35.5. The fourth-order valence-corrected chi connectivity index (χ4v) is 5.01. The highest BCUT2D eigenvalue weighted by Crippen LogP contribution is 2.40. The fraction of sp³-hybridized carbons (Fsp3) is 0.310. The predicted molar refractivity (Wildman–Crippen MR) is 145 cm³/mol. The lowest BCUT2D eigenvalue weighted by Gasteiger charge is -2.27. The van der Waals surface area contributed by atoms with Crippen molar-refractivity contribution in [1.29, 1.82) is 0 Å². The molecule has 1 unspecified atom stereocenters. The molecule has 1 aliphatic carbocycles. The SMILES string of the molecule is COc1cc(NC(C(=O)N2CCc3cc(F)c(OC(F)(F)F)cc32)c2ccc(Cl)cc2)cc(OC[C@@H]2C[C@H]2C(=O)O)c1. The van der Waals surface area contributed by atoms with Crippen LogP contribution in [0.25, 0.3) is 0 Å². The number of methoxy groups -OCH3 is 1. The molecule has 222 valence electrons. The molecule has 1 aliphatic heterocycles. The Labute approximate surface area is 242 Å². The first-order chi connectivity index (χ1) is 19.9. The molecule has 3 aromatic carbocycles. The number of carbonyl (C=O) groups excluding carboxylic acids is 1. The number of nitrogens with one attached hydrogen (secondary N) is 1. The number of carboxylic acid groups (broad SMARTS) is 1. The van der Waals surface area contributed by atoms with E-state index in [1.807, 2.05) is 0 Å². The van der Waals surface area contributed by atoms with E-state index in [-0.39, 0.29) is 31.2 Å². The number of nitrogens with zero attached hydrogens (tertiary/aromatic N) is 1. The van der Waals surface area contributed by atoms with Gasteiger partial charge in [0.15, 0.2) is 11.6 Å². The van der Waals surface area contributed by atoms with Gasteiger partial charge in [0.25, 0.3) is 5.91 Å². The molecule has 2 aliphatic rings. The number of ether oxygens (including phenoxy) is 3. The zero-order valence-electron chi connectivity index (χ0n) is 22.1. The van der Waals surface area contributed by atoms with E-state index in [1.165, 1.54) is 12.0 Å². The minimum atomic E-state index is -5.11. The molecule has 13 heteroatoms. The number of carbonyl (C=O) groups is 2. The van der Waals surface area contributed by atoms with Crippen molar-refractivity contribution in [1.82, 2.24) is 0 Å². The molecule has 0 spiro atoms. The summed E-state index contributed by atoms with van der Waals surface area (Å²) in [5, 5.41) is 12.7. The number of aliphatic carboxylic acids is 1. The Bertz CT molecular complexity index is 1500. The molecule has 3 aromatic rings. The van der Waals surface area contributed by atoms with Crippen molar-refractivity contribution in [3.05, 3.63) is 76.6 Å². The van der Waals surface area contributed by atoms with E-state index in [0.29, 0.717) is 39.8 Å². The number of hydrogen-bond donors (Lipinski definition) is 2. The molecule has 1 saturated carbocycles. The van der Waals surface area contributed by atoms with E-state index in [4.69, 9.17) is 26.2 Å². The van der Waals surface area contributed by atoms with Gasteiger partial charge in [-0.15, -0.1) is 13.2 Å². The minimum Gasteiger partial charge on any atom is -0.497 e. The van der Waals surface area contributed by atoms with Crippen molar-refractivity contribution in [2.24, 2.45) is 11.8 Å². The standard InChI is InChI=1S/C29H25ClF4N2O6/c1-40-20-10-19(11-21(12-20)41-14-17-8-22(17)28(38)39)35-26(15-2-4-18(30)5-3-15)27(37)36-7-6-16-9-23(31)25(13-24(16)36)42-29(32,33)34/h2-5,9-13,17,22,26,35H,6-8,14H2,1H3,(H,38,39)/t17-,22+,26?/m0/s1. The van der Waals surface area contributed by atoms with E-state index in [1.54, 1.807) is 42.5 Å². The second kappa shape index (κ2) is 11.6. The number of alkyl halides is 3. The van der Waals surface area contributed by atoms with Gasteiger partial charge in [-0.25, -0.2) is 4.39 Å². The number of carboxylic acids is 1. The Morgan fingerprint density at radius 3 is 2.48 bits per heavy atom. The lowest BCUT2D eigenvalue weighted by Crippen LogP contribution is -2.37.